The molecule has 0 heteroatoms. The highest BCUT2D eigenvalue weighted by Gasteiger charge is 2.23. The maximum Gasteiger partial charge on any atom is 0.0819 e. The molecule has 3 aromatic rings. The van der Waals surface area contributed by atoms with Crippen molar-refractivity contribution in [3.63, 3.8) is 0 Å². The third-order valence-corrected chi connectivity index (χ3v) is 3.50. The molecule has 0 nitrogen and oxygen atoms in total. The van der Waals surface area contributed by atoms with Gasteiger partial charge in [0.05, 0.1) is 27.6 Å². The fraction of sp³-hybridized carbons (Fsp3) is 0. The maximum absolute atomic E-state index is 2.28. The first-order valence-electron chi connectivity index (χ1n) is 5.89. The van der Waals surface area contributed by atoms with Crippen molar-refractivity contribution in [2.75, 3.05) is 0 Å². The van der Waals surface area contributed by atoms with Gasteiger partial charge in [-0.15, -0.1) is 0 Å². The van der Waals surface area contributed by atoms with Crippen LogP contribution in [0.15, 0.2) is 60.7 Å². The molecule has 0 bridgehead atoms. The Labute approximate surface area is 101 Å². The predicted octanol–water partition coefficient (Wildman–Crippen LogP) is 4.42. The molecule has 17 heavy (non-hydrogen) atoms. The minimum absolute atomic E-state index is 1.32. The molecule has 0 saturated heterocycles. The lowest BCUT2D eigenvalue weighted by Gasteiger charge is -2.13. The van der Waals surface area contributed by atoms with Crippen molar-refractivity contribution in [2.24, 2.45) is 0 Å². The Morgan fingerprint density at radius 2 is 1.29 bits per heavy atom. The summed E-state index contributed by atoms with van der Waals surface area (Å²) in [7, 11) is 0. The van der Waals surface area contributed by atoms with Crippen molar-refractivity contribution in [1.82, 2.24) is 0 Å². The fourth-order valence-electron chi connectivity index (χ4n) is 2.75. The quantitative estimate of drug-likeness (QED) is 0.381. The molecule has 0 radical (unpaired) electrons. The number of benzene rings is 3. The smallest absolute Gasteiger partial charge is 0.0589 e. The van der Waals surface area contributed by atoms with Crippen molar-refractivity contribution >= 4 is 10.8 Å². The molecule has 0 unspecified atom stereocenters. The second-order valence-electron chi connectivity index (χ2n) is 4.48. The lowest BCUT2D eigenvalue weighted by molar-refractivity contribution is 1.43. The van der Waals surface area contributed by atoms with Gasteiger partial charge in [0.1, 0.15) is 0 Å². The minimum Gasteiger partial charge on any atom is -0.0589 e. The van der Waals surface area contributed by atoms with E-state index in [1.165, 1.54) is 33.0 Å². The van der Waals surface area contributed by atoms with E-state index in [-0.39, 0.29) is 0 Å². The molecule has 0 fully saturated rings. The number of fused-ring (bicyclic) bond motifs is 2. The minimum atomic E-state index is 1.32. The zero-order chi connectivity index (χ0) is 11.2. The molecule has 0 saturated carbocycles. The van der Waals surface area contributed by atoms with Gasteiger partial charge < -0.3 is 0 Å². The Morgan fingerprint density at radius 3 is 2.24 bits per heavy atom. The van der Waals surface area contributed by atoms with Gasteiger partial charge in [-0.05, 0) is 42.5 Å². The van der Waals surface area contributed by atoms with Crippen molar-refractivity contribution in [3.05, 3.63) is 78.2 Å². The van der Waals surface area contributed by atoms with Crippen molar-refractivity contribution in [2.45, 2.75) is 0 Å². The van der Waals surface area contributed by atoms with Crippen LogP contribution in [0.5, 0.6) is 0 Å². The summed E-state index contributed by atoms with van der Waals surface area (Å²) in [5.41, 5.74) is 5.35. The highest BCUT2D eigenvalue weighted by atomic mass is 14.2. The highest BCUT2D eigenvalue weighted by molar-refractivity contribution is 6.03. The van der Waals surface area contributed by atoms with Crippen LogP contribution >= 0.6 is 0 Å². The van der Waals surface area contributed by atoms with E-state index in [2.05, 4.69) is 67.1 Å². The van der Waals surface area contributed by atoms with Gasteiger partial charge in [0, 0.05) is 23.9 Å². The van der Waals surface area contributed by atoms with Crippen molar-refractivity contribution in [1.29, 1.82) is 0 Å². The van der Waals surface area contributed by atoms with E-state index in [0.717, 1.165) is 0 Å². The molecule has 0 amide bonds. The second kappa shape index (κ2) is 3.14. The Bertz CT molecular complexity index is 718. The van der Waals surface area contributed by atoms with E-state index in [9.17, 15) is 0 Å². The molecule has 78 valence electrons. The van der Waals surface area contributed by atoms with Crippen LogP contribution in [-0.2, 0) is 0 Å². The fourth-order valence-corrected chi connectivity index (χ4v) is 2.75. The van der Waals surface area contributed by atoms with Crippen LogP contribution in [0, 0.1) is 6.42 Å². The number of rotatable bonds is 0. The van der Waals surface area contributed by atoms with Crippen LogP contribution in [0.1, 0.15) is 11.1 Å². The average molecular weight is 215 g/mol. The highest BCUT2D eigenvalue weighted by Crippen LogP contribution is 2.39. The Kier molecular flexibility index (Phi) is 1.64. The summed E-state index contributed by atoms with van der Waals surface area (Å²) in [5.74, 6) is 0. The van der Waals surface area contributed by atoms with Gasteiger partial charge in [-0.25, -0.2) is 0 Å². The normalized spacial score (nSPS) is 12.0. The largest absolute Gasteiger partial charge is 0.0819 e. The zero-order valence-corrected chi connectivity index (χ0v) is 9.35. The molecule has 0 N–H and O–H groups in total. The topological polar surface area (TPSA) is 0 Å². The zero-order valence-electron chi connectivity index (χ0n) is 9.35. The monoisotopic (exact) mass is 215 g/mol. The lowest BCUT2D eigenvalue weighted by atomic mass is 9.84. The average Bonchev–Trinajstić information content (AvgIpc) is 2.39. The summed E-state index contributed by atoms with van der Waals surface area (Å²) in [4.78, 5) is 0. The van der Waals surface area contributed by atoms with Crippen LogP contribution in [0.2, 0.25) is 0 Å². The Hall–Kier alpha value is -2.21. The maximum atomic E-state index is 2.28. The van der Waals surface area contributed by atoms with Gasteiger partial charge in [-0.1, -0.05) is 6.07 Å². The molecule has 1 aliphatic rings. The van der Waals surface area contributed by atoms with Crippen molar-refractivity contribution < 1.29 is 0 Å². The molecule has 3 aromatic carbocycles. The van der Waals surface area contributed by atoms with Gasteiger partial charge in [0.15, 0.2) is 0 Å². The summed E-state index contributed by atoms with van der Waals surface area (Å²) >= 11 is 0. The van der Waals surface area contributed by atoms with Crippen molar-refractivity contribution in [3.8, 4) is 11.1 Å². The summed E-state index contributed by atoms with van der Waals surface area (Å²) in [6, 6.07) is 21.7. The van der Waals surface area contributed by atoms with E-state index in [1.807, 2.05) is 0 Å². The van der Waals surface area contributed by atoms with Gasteiger partial charge in [-0.3, -0.25) is 0 Å². The molecule has 0 aromatic heterocycles. The lowest BCUT2D eigenvalue weighted by Crippen LogP contribution is -1.98. The standard InChI is InChI=1S/C17H11/c1-2-9-15-13(5-1)11-14-8-3-6-12-7-4-10-16(15)17(12)14/h1-11H/q+1. The molecule has 0 heterocycles. The molecule has 0 aliphatic heterocycles. The first kappa shape index (κ1) is 8.89. The van der Waals surface area contributed by atoms with E-state index in [0.29, 0.717) is 0 Å². The third-order valence-electron chi connectivity index (χ3n) is 3.50. The first-order valence-corrected chi connectivity index (χ1v) is 5.89. The molecular weight excluding hydrogens is 204 g/mol. The summed E-state index contributed by atoms with van der Waals surface area (Å²) in [5, 5.41) is 2.71. The van der Waals surface area contributed by atoms with Crippen LogP contribution in [-0.4, -0.2) is 0 Å². The molecule has 4 rings (SSSR count). The second-order valence-corrected chi connectivity index (χ2v) is 4.48. The van der Waals surface area contributed by atoms with E-state index < -0.39 is 0 Å². The van der Waals surface area contributed by atoms with E-state index in [4.69, 9.17) is 0 Å². The summed E-state index contributed by atoms with van der Waals surface area (Å²) in [6.45, 7) is 0. The molecule has 0 spiro atoms. The molecule has 1 aliphatic carbocycles. The number of hydrogen-bond donors (Lipinski definition) is 0. The Morgan fingerprint density at radius 1 is 0.588 bits per heavy atom. The first-order chi connectivity index (χ1) is 8.43. The molecular formula is C17H11+. The number of hydrogen-bond acceptors (Lipinski definition) is 0. The van der Waals surface area contributed by atoms with E-state index in [1.54, 1.807) is 0 Å². The van der Waals surface area contributed by atoms with Crippen LogP contribution in [0.4, 0.5) is 0 Å². The SMILES string of the molecule is c1ccc2c(c1)[CH+]c1cccc3cccc-2c13. The summed E-state index contributed by atoms with van der Waals surface area (Å²) in [6.07, 6.45) is 2.28. The van der Waals surface area contributed by atoms with Gasteiger partial charge in [0.2, 0.25) is 0 Å². The van der Waals surface area contributed by atoms with Crippen LogP contribution in [0.3, 0.4) is 0 Å². The van der Waals surface area contributed by atoms with Gasteiger partial charge >= 0.3 is 0 Å². The van der Waals surface area contributed by atoms with E-state index >= 15 is 0 Å². The molecule has 0 atom stereocenters. The van der Waals surface area contributed by atoms with Crippen LogP contribution in [0.25, 0.3) is 21.9 Å². The predicted molar refractivity (Wildman–Crippen MR) is 71.9 cm³/mol. The van der Waals surface area contributed by atoms with Gasteiger partial charge in [-0.2, -0.15) is 0 Å². The third kappa shape index (κ3) is 1.15. The summed E-state index contributed by atoms with van der Waals surface area (Å²) < 4.78 is 0. The Balaban J connectivity index is 2.22. The van der Waals surface area contributed by atoms with Gasteiger partial charge in [0.25, 0.3) is 0 Å². The van der Waals surface area contributed by atoms with Crippen LogP contribution < -0.4 is 0 Å².